The van der Waals surface area contributed by atoms with Gasteiger partial charge in [0, 0.05) is 17.6 Å². The molecule has 0 aromatic carbocycles. The summed E-state index contributed by atoms with van der Waals surface area (Å²) >= 11 is 1.79. The Morgan fingerprint density at radius 1 is 1.27 bits per heavy atom. The molecule has 2 nitrogen and oxygen atoms in total. The van der Waals surface area contributed by atoms with Crippen LogP contribution in [0.2, 0.25) is 0 Å². The van der Waals surface area contributed by atoms with Crippen LogP contribution in [0, 0.1) is 0 Å². The van der Waals surface area contributed by atoms with Crippen molar-refractivity contribution in [1.29, 1.82) is 0 Å². The van der Waals surface area contributed by atoms with Gasteiger partial charge >= 0.3 is 0 Å². The number of hydrogen-bond donors (Lipinski definition) is 0. The van der Waals surface area contributed by atoms with Crippen molar-refractivity contribution >= 4 is 17.2 Å². The molecular formula is C12H14N2S. The summed E-state index contributed by atoms with van der Waals surface area (Å²) in [5.74, 6) is 1.05. The van der Waals surface area contributed by atoms with E-state index < -0.39 is 0 Å². The van der Waals surface area contributed by atoms with E-state index in [0.29, 0.717) is 0 Å². The highest BCUT2D eigenvalue weighted by Crippen LogP contribution is 2.16. The standard InChI is InChI=1S/C12H14N2S/c1-2-14(10-11-6-5-9-15-11)12-7-3-4-8-13-12/h3-9H,2,10H2,1H3. The summed E-state index contributed by atoms with van der Waals surface area (Å²) < 4.78 is 0. The van der Waals surface area contributed by atoms with Crippen molar-refractivity contribution in [3.63, 3.8) is 0 Å². The summed E-state index contributed by atoms with van der Waals surface area (Å²) in [5, 5.41) is 2.11. The summed E-state index contributed by atoms with van der Waals surface area (Å²) in [7, 11) is 0. The second-order valence-electron chi connectivity index (χ2n) is 3.28. The fraction of sp³-hybridized carbons (Fsp3) is 0.250. The molecule has 3 heteroatoms. The lowest BCUT2D eigenvalue weighted by Crippen LogP contribution is -2.22. The minimum Gasteiger partial charge on any atom is -0.352 e. The number of thiophene rings is 1. The van der Waals surface area contributed by atoms with Gasteiger partial charge in [0.15, 0.2) is 0 Å². The van der Waals surface area contributed by atoms with Crippen molar-refractivity contribution in [2.24, 2.45) is 0 Å². The zero-order valence-electron chi connectivity index (χ0n) is 8.76. The highest BCUT2D eigenvalue weighted by Gasteiger charge is 2.05. The van der Waals surface area contributed by atoms with Gasteiger partial charge in [0.05, 0.1) is 6.54 Å². The van der Waals surface area contributed by atoms with Crippen molar-refractivity contribution < 1.29 is 0 Å². The first-order chi connectivity index (χ1) is 7.40. The molecule has 15 heavy (non-hydrogen) atoms. The fourth-order valence-corrected chi connectivity index (χ4v) is 2.21. The maximum atomic E-state index is 4.36. The molecule has 0 amide bonds. The Labute approximate surface area is 94.2 Å². The largest absolute Gasteiger partial charge is 0.352 e. The number of pyridine rings is 1. The second-order valence-corrected chi connectivity index (χ2v) is 4.31. The van der Waals surface area contributed by atoms with Crippen LogP contribution in [0.4, 0.5) is 5.82 Å². The van der Waals surface area contributed by atoms with E-state index >= 15 is 0 Å². The van der Waals surface area contributed by atoms with Crippen molar-refractivity contribution in [3.8, 4) is 0 Å². The molecule has 2 aromatic heterocycles. The first kappa shape index (κ1) is 10.2. The molecule has 0 atom stereocenters. The van der Waals surface area contributed by atoms with Crippen LogP contribution < -0.4 is 4.90 Å². The first-order valence-corrected chi connectivity index (χ1v) is 5.96. The second kappa shape index (κ2) is 4.94. The number of hydrogen-bond acceptors (Lipinski definition) is 3. The summed E-state index contributed by atoms with van der Waals surface area (Å²) in [6.07, 6.45) is 1.84. The third kappa shape index (κ3) is 2.57. The molecule has 0 aliphatic rings. The number of aromatic nitrogens is 1. The Kier molecular flexibility index (Phi) is 3.35. The van der Waals surface area contributed by atoms with E-state index in [-0.39, 0.29) is 0 Å². The Bertz CT molecular complexity index is 383. The molecule has 2 rings (SSSR count). The van der Waals surface area contributed by atoms with Crippen LogP contribution in [-0.2, 0) is 6.54 Å². The molecule has 2 heterocycles. The molecule has 0 bridgehead atoms. The van der Waals surface area contributed by atoms with Gasteiger partial charge in [-0.3, -0.25) is 0 Å². The molecule has 0 radical (unpaired) electrons. The summed E-state index contributed by atoms with van der Waals surface area (Å²) in [6, 6.07) is 10.3. The molecule has 0 unspecified atom stereocenters. The quantitative estimate of drug-likeness (QED) is 0.783. The molecule has 2 aromatic rings. The van der Waals surface area contributed by atoms with Crippen LogP contribution in [0.1, 0.15) is 11.8 Å². The van der Waals surface area contributed by atoms with E-state index in [1.165, 1.54) is 4.88 Å². The van der Waals surface area contributed by atoms with Gasteiger partial charge in [0.2, 0.25) is 0 Å². The zero-order chi connectivity index (χ0) is 10.5. The first-order valence-electron chi connectivity index (χ1n) is 5.08. The number of nitrogens with zero attached hydrogens (tertiary/aromatic N) is 2. The molecule has 0 fully saturated rings. The molecule has 0 saturated carbocycles. The van der Waals surface area contributed by atoms with E-state index in [0.717, 1.165) is 18.9 Å². The Balaban J connectivity index is 2.12. The lowest BCUT2D eigenvalue weighted by atomic mass is 10.3. The maximum absolute atomic E-state index is 4.36. The minimum atomic E-state index is 0.950. The maximum Gasteiger partial charge on any atom is 0.128 e. The van der Waals surface area contributed by atoms with Crippen molar-refractivity contribution in [3.05, 3.63) is 46.8 Å². The van der Waals surface area contributed by atoms with Crippen LogP contribution >= 0.6 is 11.3 Å². The monoisotopic (exact) mass is 218 g/mol. The van der Waals surface area contributed by atoms with E-state index in [9.17, 15) is 0 Å². The van der Waals surface area contributed by atoms with Gasteiger partial charge in [-0.05, 0) is 30.5 Å². The average Bonchev–Trinajstić information content (AvgIpc) is 2.80. The highest BCUT2D eigenvalue weighted by atomic mass is 32.1. The van der Waals surface area contributed by atoms with Gasteiger partial charge in [-0.25, -0.2) is 4.98 Å². The lowest BCUT2D eigenvalue weighted by Gasteiger charge is -2.20. The van der Waals surface area contributed by atoms with Crippen LogP contribution in [0.5, 0.6) is 0 Å². The highest BCUT2D eigenvalue weighted by molar-refractivity contribution is 7.09. The van der Waals surface area contributed by atoms with Crippen LogP contribution in [0.25, 0.3) is 0 Å². The molecule has 0 saturated heterocycles. The van der Waals surface area contributed by atoms with Gasteiger partial charge in [-0.2, -0.15) is 0 Å². The van der Waals surface area contributed by atoms with Gasteiger partial charge in [-0.15, -0.1) is 11.3 Å². The van der Waals surface area contributed by atoms with Crippen LogP contribution in [0.15, 0.2) is 41.9 Å². The van der Waals surface area contributed by atoms with Crippen molar-refractivity contribution in [2.75, 3.05) is 11.4 Å². The number of anilines is 1. The molecule has 0 N–H and O–H groups in total. The molecular weight excluding hydrogens is 204 g/mol. The lowest BCUT2D eigenvalue weighted by molar-refractivity contribution is 0.823. The fourth-order valence-electron chi connectivity index (χ4n) is 1.49. The van der Waals surface area contributed by atoms with Gasteiger partial charge in [0.1, 0.15) is 5.82 Å². The third-order valence-electron chi connectivity index (χ3n) is 2.28. The molecule has 0 aliphatic carbocycles. The smallest absolute Gasteiger partial charge is 0.128 e. The van der Waals surface area contributed by atoms with Crippen LogP contribution in [0.3, 0.4) is 0 Å². The van der Waals surface area contributed by atoms with E-state index in [2.05, 4.69) is 40.4 Å². The SMILES string of the molecule is CCN(Cc1cccs1)c1ccccn1. The Hall–Kier alpha value is -1.35. The van der Waals surface area contributed by atoms with Gasteiger partial charge < -0.3 is 4.90 Å². The van der Waals surface area contributed by atoms with Crippen LogP contribution in [-0.4, -0.2) is 11.5 Å². The topological polar surface area (TPSA) is 16.1 Å². The van der Waals surface area contributed by atoms with Crippen molar-refractivity contribution in [1.82, 2.24) is 4.98 Å². The van der Waals surface area contributed by atoms with Crippen molar-refractivity contribution in [2.45, 2.75) is 13.5 Å². The molecule has 0 spiro atoms. The Morgan fingerprint density at radius 2 is 2.20 bits per heavy atom. The summed E-state index contributed by atoms with van der Waals surface area (Å²) in [5.41, 5.74) is 0. The summed E-state index contributed by atoms with van der Waals surface area (Å²) in [6.45, 7) is 4.09. The summed E-state index contributed by atoms with van der Waals surface area (Å²) in [4.78, 5) is 8.01. The third-order valence-corrected chi connectivity index (χ3v) is 3.14. The van der Waals surface area contributed by atoms with Gasteiger partial charge in [-0.1, -0.05) is 12.1 Å². The average molecular weight is 218 g/mol. The molecule has 0 aliphatic heterocycles. The number of rotatable bonds is 4. The predicted octanol–water partition coefficient (Wildman–Crippen LogP) is 3.17. The Morgan fingerprint density at radius 3 is 2.80 bits per heavy atom. The zero-order valence-corrected chi connectivity index (χ0v) is 9.57. The van der Waals surface area contributed by atoms with E-state index in [1.807, 2.05) is 18.3 Å². The predicted molar refractivity (Wildman–Crippen MR) is 65.3 cm³/mol. The van der Waals surface area contributed by atoms with E-state index in [1.54, 1.807) is 11.3 Å². The van der Waals surface area contributed by atoms with Gasteiger partial charge in [0.25, 0.3) is 0 Å². The molecule has 78 valence electrons. The normalized spacial score (nSPS) is 10.2. The minimum absolute atomic E-state index is 0.950. The van der Waals surface area contributed by atoms with E-state index in [4.69, 9.17) is 0 Å².